The van der Waals surface area contributed by atoms with Crippen molar-refractivity contribution in [1.82, 2.24) is 28.7 Å². The molecule has 298 valence electrons. The highest BCUT2D eigenvalue weighted by atomic mass is 16.3. The van der Waals surface area contributed by atoms with Gasteiger partial charge in [0.05, 0.1) is 33.1 Å². The van der Waals surface area contributed by atoms with Gasteiger partial charge in [-0.2, -0.15) is 15.0 Å². The fourth-order valence-corrected chi connectivity index (χ4v) is 10.0. The lowest BCUT2D eigenvalue weighted by molar-refractivity contribution is 0.669. The Bertz CT molecular complexity index is 4190. The summed E-state index contributed by atoms with van der Waals surface area (Å²) in [7, 11) is 0. The first-order chi connectivity index (χ1) is 31.7. The largest absolute Gasteiger partial charge is 0.456 e. The number of hydrogen-bond acceptors (Lipinski definition) is 4. The van der Waals surface area contributed by atoms with Crippen molar-refractivity contribution in [3.05, 3.63) is 206 Å². The molecular weight excluding hydrogens is 785 g/mol. The molecule has 0 amide bonds. The maximum atomic E-state index is 6.43. The van der Waals surface area contributed by atoms with E-state index in [4.69, 9.17) is 19.4 Å². The minimum Gasteiger partial charge on any atom is -0.456 e. The average Bonchev–Trinajstić information content (AvgIpc) is 4.09. The molecule has 14 aromatic rings. The van der Waals surface area contributed by atoms with E-state index in [1.54, 1.807) is 0 Å². The van der Waals surface area contributed by atoms with E-state index in [1.807, 2.05) is 18.2 Å². The molecule has 5 heterocycles. The van der Waals surface area contributed by atoms with E-state index in [0.717, 1.165) is 93.4 Å². The second kappa shape index (κ2) is 13.3. The van der Waals surface area contributed by atoms with Crippen LogP contribution in [0.25, 0.3) is 127 Å². The summed E-state index contributed by atoms with van der Waals surface area (Å²) < 4.78 is 13.2. The maximum Gasteiger partial charge on any atom is 0.240 e. The third-order valence-corrected chi connectivity index (χ3v) is 12.9. The van der Waals surface area contributed by atoms with Gasteiger partial charge in [0.15, 0.2) is 5.82 Å². The van der Waals surface area contributed by atoms with E-state index >= 15 is 0 Å². The van der Waals surface area contributed by atoms with Crippen molar-refractivity contribution in [2.45, 2.75) is 0 Å². The first kappa shape index (κ1) is 34.9. The zero-order valence-corrected chi connectivity index (χ0v) is 34.2. The zero-order valence-electron chi connectivity index (χ0n) is 34.2. The monoisotopic (exact) mass is 818 g/mol. The second-order valence-electron chi connectivity index (χ2n) is 16.4. The highest BCUT2D eigenvalue weighted by Gasteiger charge is 2.23. The Morgan fingerprint density at radius 1 is 0.281 bits per heavy atom. The number of aromatic nitrogens is 6. The van der Waals surface area contributed by atoms with Crippen LogP contribution in [0.2, 0.25) is 0 Å². The van der Waals surface area contributed by atoms with E-state index in [1.165, 1.54) is 16.3 Å². The van der Waals surface area contributed by atoms with E-state index in [-0.39, 0.29) is 0 Å². The highest BCUT2D eigenvalue weighted by molar-refractivity contribution is 6.19. The van der Waals surface area contributed by atoms with Gasteiger partial charge in [0.2, 0.25) is 11.9 Å². The van der Waals surface area contributed by atoms with Gasteiger partial charge in [-0.1, -0.05) is 133 Å². The lowest BCUT2D eigenvalue weighted by atomic mass is 10.0. The predicted octanol–water partition coefficient (Wildman–Crippen LogP) is 14.4. The summed E-state index contributed by atoms with van der Waals surface area (Å²) in [5.41, 5.74) is 12.1. The molecule has 0 N–H and O–H groups in total. The minimum absolute atomic E-state index is 0.518. The molecule has 0 unspecified atom stereocenters. The Balaban J connectivity index is 1.08. The van der Waals surface area contributed by atoms with Gasteiger partial charge in [0.25, 0.3) is 0 Å². The number of hydrogen-bond donors (Lipinski definition) is 0. The smallest absolute Gasteiger partial charge is 0.240 e. The molecule has 0 saturated heterocycles. The summed E-state index contributed by atoms with van der Waals surface area (Å²) >= 11 is 0. The van der Waals surface area contributed by atoms with Crippen molar-refractivity contribution in [3.8, 4) is 40.1 Å². The van der Waals surface area contributed by atoms with Gasteiger partial charge >= 0.3 is 0 Å². The van der Waals surface area contributed by atoms with Crippen molar-refractivity contribution in [2.24, 2.45) is 0 Å². The Morgan fingerprint density at radius 3 is 1.47 bits per heavy atom. The quantitative estimate of drug-likeness (QED) is 0.173. The van der Waals surface area contributed by atoms with Crippen molar-refractivity contribution in [3.63, 3.8) is 0 Å². The first-order valence-corrected chi connectivity index (χ1v) is 21.5. The van der Waals surface area contributed by atoms with Gasteiger partial charge < -0.3 is 8.98 Å². The molecule has 7 nitrogen and oxygen atoms in total. The van der Waals surface area contributed by atoms with Crippen LogP contribution in [0.5, 0.6) is 0 Å². The van der Waals surface area contributed by atoms with Crippen LogP contribution in [-0.2, 0) is 0 Å². The first-order valence-electron chi connectivity index (χ1n) is 21.5. The molecule has 5 aromatic heterocycles. The van der Waals surface area contributed by atoms with Crippen LogP contribution in [0.3, 0.4) is 0 Å². The van der Waals surface area contributed by atoms with Crippen LogP contribution < -0.4 is 0 Å². The molecule has 0 bridgehead atoms. The van der Waals surface area contributed by atoms with Crippen LogP contribution >= 0.6 is 0 Å². The minimum atomic E-state index is 0.518. The standard InChI is InChI=1S/C57H34N6O/c1-3-15-35(16-4-1)36-28-30-50-44(31-36)39-19-8-12-24-48(39)62(50)56-58-55(37-27-29-43-42-22-10-14-26-53(42)64-54(43)32-37)59-57(60-56)63-49-25-13-9-21-41(49)46-33-45-40-20-7-11-23-47(40)61(51(45)34-52(46)63)38-17-5-2-6-18-38/h1-34H. The van der Waals surface area contributed by atoms with Crippen molar-refractivity contribution in [1.29, 1.82) is 0 Å². The molecular formula is C57H34N6O. The van der Waals surface area contributed by atoms with E-state index in [9.17, 15) is 0 Å². The zero-order chi connectivity index (χ0) is 41.9. The number of fused-ring (bicyclic) bond motifs is 12. The fraction of sp³-hybridized carbons (Fsp3) is 0. The third kappa shape index (κ3) is 5.06. The lowest BCUT2D eigenvalue weighted by Crippen LogP contribution is -2.10. The predicted molar refractivity (Wildman–Crippen MR) is 261 cm³/mol. The number of rotatable bonds is 5. The molecule has 0 saturated carbocycles. The average molecular weight is 819 g/mol. The van der Waals surface area contributed by atoms with E-state index in [2.05, 4.69) is 202 Å². The van der Waals surface area contributed by atoms with Crippen molar-refractivity contribution < 1.29 is 4.42 Å². The van der Waals surface area contributed by atoms with Crippen LogP contribution in [0.1, 0.15) is 0 Å². The summed E-state index contributed by atoms with van der Waals surface area (Å²) in [4.78, 5) is 16.3. The fourth-order valence-electron chi connectivity index (χ4n) is 10.0. The van der Waals surface area contributed by atoms with E-state index in [0.29, 0.717) is 17.7 Å². The molecule has 0 aliphatic heterocycles. The lowest BCUT2D eigenvalue weighted by Gasteiger charge is -2.13. The van der Waals surface area contributed by atoms with Gasteiger partial charge in [-0.25, -0.2) is 0 Å². The topological polar surface area (TPSA) is 66.6 Å². The molecule has 14 rings (SSSR count). The van der Waals surface area contributed by atoms with Crippen molar-refractivity contribution in [2.75, 3.05) is 0 Å². The normalized spacial score (nSPS) is 12.1. The molecule has 0 spiro atoms. The summed E-state index contributed by atoms with van der Waals surface area (Å²) in [5, 5.41) is 8.99. The van der Waals surface area contributed by atoms with E-state index < -0.39 is 0 Å². The summed E-state index contributed by atoms with van der Waals surface area (Å²) in [6, 6.07) is 72.6. The Kier molecular flexibility index (Phi) is 7.27. The third-order valence-electron chi connectivity index (χ3n) is 12.9. The Labute approximate surface area is 365 Å². The molecule has 9 aromatic carbocycles. The molecule has 64 heavy (non-hydrogen) atoms. The SMILES string of the molecule is c1ccc(-c2ccc3c(c2)c2ccccc2n3-c2nc(-c3ccc4c(c3)oc3ccccc34)nc(-n3c4ccccc4c4cc5c6ccccc6n(-c6ccccc6)c5cc43)n2)cc1. The van der Waals surface area contributed by atoms with Crippen molar-refractivity contribution >= 4 is 87.4 Å². The highest BCUT2D eigenvalue weighted by Crippen LogP contribution is 2.41. The van der Waals surface area contributed by atoms with Gasteiger partial charge in [-0.3, -0.25) is 9.13 Å². The van der Waals surface area contributed by atoms with Crippen LogP contribution in [0, 0.1) is 0 Å². The molecule has 0 atom stereocenters. The van der Waals surface area contributed by atoms with Gasteiger partial charge in [0, 0.05) is 54.3 Å². The van der Waals surface area contributed by atoms with Gasteiger partial charge in [-0.15, -0.1) is 0 Å². The Hall–Kier alpha value is -8.81. The second-order valence-corrected chi connectivity index (χ2v) is 16.4. The molecule has 0 aliphatic rings. The maximum absolute atomic E-state index is 6.43. The number of furan rings is 1. The number of nitrogens with zero attached hydrogens (tertiary/aromatic N) is 6. The molecule has 0 aliphatic carbocycles. The van der Waals surface area contributed by atoms with Crippen LogP contribution in [0.4, 0.5) is 0 Å². The summed E-state index contributed by atoms with van der Waals surface area (Å²) in [6.07, 6.45) is 0. The molecule has 0 fully saturated rings. The Morgan fingerprint density at radius 2 is 0.781 bits per heavy atom. The van der Waals surface area contributed by atoms with Gasteiger partial charge in [-0.05, 0) is 83.9 Å². The van der Waals surface area contributed by atoms with Gasteiger partial charge in [0.1, 0.15) is 11.2 Å². The number of benzene rings is 9. The molecule has 7 heteroatoms. The summed E-state index contributed by atoms with van der Waals surface area (Å²) in [6.45, 7) is 0. The number of para-hydroxylation sites is 5. The summed E-state index contributed by atoms with van der Waals surface area (Å²) in [5.74, 6) is 1.58. The van der Waals surface area contributed by atoms with Crippen LogP contribution in [0.15, 0.2) is 211 Å². The van der Waals surface area contributed by atoms with Crippen LogP contribution in [-0.4, -0.2) is 28.7 Å². The molecule has 0 radical (unpaired) electrons.